The van der Waals surface area contributed by atoms with Crippen molar-refractivity contribution in [3.05, 3.63) is 35.9 Å². The number of amides is 2. The zero-order valence-corrected chi connectivity index (χ0v) is 14.7. The van der Waals surface area contributed by atoms with Gasteiger partial charge in [0.05, 0.1) is 0 Å². The third kappa shape index (κ3) is 8.57. The van der Waals surface area contributed by atoms with E-state index < -0.39 is 6.04 Å². The summed E-state index contributed by atoms with van der Waals surface area (Å²) < 4.78 is 0. The van der Waals surface area contributed by atoms with Crippen molar-refractivity contribution >= 4 is 24.2 Å². The first-order valence-corrected chi connectivity index (χ1v) is 7.86. The number of carbonyl (C=O) groups is 2. The van der Waals surface area contributed by atoms with E-state index in [0.29, 0.717) is 19.5 Å². The molecule has 0 saturated heterocycles. The molecule has 0 aliphatic rings. The first-order valence-electron chi connectivity index (χ1n) is 7.86. The molecule has 1 atom stereocenters. The van der Waals surface area contributed by atoms with E-state index in [0.717, 1.165) is 18.4 Å². The van der Waals surface area contributed by atoms with E-state index >= 15 is 0 Å². The Morgan fingerprint density at radius 3 is 2.35 bits per heavy atom. The molecule has 2 amide bonds. The summed E-state index contributed by atoms with van der Waals surface area (Å²) in [5, 5.41) is 5.70. The summed E-state index contributed by atoms with van der Waals surface area (Å²) in [6.07, 6.45) is 2.11. The molecule has 0 spiro atoms. The quantitative estimate of drug-likeness (QED) is 0.602. The summed E-state index contributed by atoms with van der Waals surface area (Å²) in [5.74, 6) is -0.0367. The smallest absolute Gasteiger partial charge is 0.247 e. The fraction of sp³-hybridized carbons (Fsp3) is 0.529. The number of benzene rings is 1. The van der Waals surface area contributed by atoms with Crippen molar-refractivity contribution in [2.75, 3.05) is 13.1 Å². The average molecular weight is 342 g/mol. The van der Waals surface area contributed by atoms with Crippen LogP contribution in [0.4, 0.5) is 0 Å². The van der Waals surface area contributed by atoms with Crippen LogP contribution in [0.1, 0.15) is 44.7 Å². The number of hydrogen-bond acceptors (Lipinski definition) is 3. The van der Waals surface area contributed by atoms with Gasteiger partial charge in [0.25, 0.3) is 0 Å². The highest BCUT2D eigenvalue weighted by Crippen LogP contribution is 2.14. The van der Waals surface area contributed by atoms with Gasteiger partial charge in [0.1, 0.15) is 6.04 Å². The predicted octanol–water partition coefficient (Wildman–Crippen LogP) is 2.17. The minimum atomic E-state index is -0.648. The largest absolute Gasteiger partial charge is 0.354 e. The highest BCUT2D eigenvalue weighted by molar-refractivity contribution is 5.88. The SMILES string of the molecule is CC(C)CC(=O)NC(C(=O)NCCCCN)c1ccccc1.Cl. The Kier molecular flexibility index (Phi) is 11.1. The number of halogens is 1. The second kappa shape index (κ2) is 11.9. The van der Waals surface area contributed by atoms with E-state index in [1.54, 1.807) is 0 Å². The summed E-state index contributed by atoms with van der Waals surface area (Å²) >= 11 is 0. The van der Waals surface area contributed by atoms with Gasteiger partial charge in [-0.05, 0) is 30.9 Å². The molecule has 23 heavy (non-hydrogen) atoms. The molecule has 4 N–H and O–H groups in total. The van der Waals surface area contributed by atoms with Gasteiger partial charge < -0.3 is 16.4 Å². The molecule has 1 rings (SSSR count). The number of carbonyl (C=O) groups excluding carboxylic acids is 2. The minimum absolute atomic E-state index is 0. The molecule has 1 aromatic rings. The molecule has 0 aliphatic heterocycles. The topological polar surface area (TPSA) is 84.2 Å². The van der Waals surface area contributed by atoms with E-state index in [1.165, 1.54) is 0 Å². The first-order chi connectivity index (χ1) is 10.5. The lowest BCUT2D eigenvalue weighted by molar-refractivity contribution is -0.129. The molecule has 0 bridgehead atoms. The Hall–Kier alpha value is -1.59. The van der Waals surface area contributed by atoms with Crippen molar-refractivity contribution in [3.8, 4) is 0 Å². The van der Waals surface area contributed by atoms with Crippen LogP contribution in [0.25, 0.3) is 0 Å². The fourth-order valence-corrected chi connectivity index (χ4v) is 2.12. The molecule has 0 saturated carbocycles. The van der Waals surface area contributed by atoms with Crippen LogP contribution in [0.3, 0.4) is 0 Å². The van der Waals surface area contributed by atoms with E-state index in [9.17, 15) is 9.59 Å². The van der Waals surface area contributed by atoms with Crippen LogP contribution in [-0.4, -0.2) is 24.9 Å². The van der Waals surface area contributed by atoms with Crippen molar-refractivity contribution in [1.29, 1.82) is 0 Å². The van der Waals surface area contributed by atoms with Gasteiger partial charge in [0.2, 0.25) is 11.8 Å². The molecule has 6 heteroatoms. The van der Waals surface area contributed by atoms with Crippen LogP contribution >= 0.6 is 12.4 Å². The second-order valence-electron chi connectivity index (χ2n) is 5.80. The third-order valence-electron chi connectivity index (χ3n) is 3.22. The van der Waals surface area contributed by atoms with Gasteiger partial charge in [-0.15, -0.1) is 12.4 Å². The Balaban J connectivity index is 0.00000484. The zero-order chi connectivity index (χ0) is 16.4. The molecule has 0 fully saturated rings. The molecule has 0 heterocycles. The van der Waals surface area contributed by atoms with Crippen LogP contribution < -0.4 is 16.4 Å². The maximum absolute atomic E-state index is 12.4. The summed E-state index contributed by atoms with van der Waals surface area (Å²) in [5.41, 5.74) is 6.23. The number of hydrogen-bond donors (Lipinski definition) is 3. The van der Waals surface area contributed by atoms with Crippen LogP contribution in [-0.2, 0) is 9.59 Å². The van der Waals surface area contributed by atoms with Crippen molar-refractivity contribution in [3.63, 3.8) is 0 Å². The number of unbranched alkanes of at least 4 members (excludes halogenated alkanes) is 1. The third-order valence-corrected chi connectivity index (χ3v) is 3.22. The van der Waals surface area contributed by atoms with Crippen LogP contribution in [0.5, 0.6) is 0 Å². The minimum Gasteiger partial charge on any atom is -0.354 e. The molecular formula is C17H28ClN3O2. The molecule has 0 aliphatic carbocycles. The van der Waals surface area contributed by atoms with Gasteiger partial charge in [-0.1, -0.05) is 44.2 Å². The van der Waals surface area contributed by atoms with Gasteiger partial charge in [-0.3, -0.25) is 9.59 Å². The monoisotopic (exact) mass is 341 g/mol. The maximum atomic E-state index is 12.4. The molecule has 1 aromatic carbocycles. The first kappa shape index (κ1) is 21.4. The van der Waals surface area contributed by atoms with E-state index in [4.69, 9.17) is 5.73 Å². The number of nitrogens with two attached hydrogens (primary N) is 1. The molecule has 5 nitrogen and oxygen atoms in total. The second-order valence-corrected chi connectivity index (χ2v) is 5.80. The van der Waals surface area contributed by atoms with Gasteiger partial charge in [-0.25, -0.2) is 0 Å². The van der Waals surface area contributed by atoms with Gasteiger partial charge in [-0.2, -0.15) is 0 Å². The Bertz CT molecular complexity index is 466. The Morgan fingerprint density at radius 1 is 1.13 bits per heavy atom. The van der Waals surface area contributed by atoms with Gasteiger partial charge in [0.15, 0.2) is 0 Å². The van der Waals surface area contributed by atoms with Gasteiger partial charge >= 0.3 is 0 Å². The van der Waals surface area contributed by atoms with Crippen LogP contribution in [0, 0.1) is 5.92 Å². The molecular weight excluding hydrogens is 314 g/mol. The summed E-state index contributed by atoms with van der Waals surface area (Å²) in [6, 6.07) is 8.65. The summed E-state index contributed by atoms with van der Waals surface area (Å²) in [6.45, 7) is 5.14. The Morgan fingerprint density at radius 2 is 1.78 bits per heavy atom. The number of rotatable bonds is 9. The lowest BCUT2D eigenvalue weighted by atomic mass is 10.0. The van der Waals surface area contributed by atoms with Crippen molar-refractivity contribution in [1.82, 2.24) is 10.6 Å². The highest BCUT2D eigenvalue weighted by atomic mass is 35.5. The van der Waals surface area contributed by atoms with E-state index in [-0.39, 0.29) is 30.1 Å². The predicted molar refractivity (Wildman–Crippen MR) is 95.3 cm³/mol. The highest BCUT2D eigenvalue weighted by Gasteiger charge is 2.22. The lowest BCUT2D eigenvalue weighted by Crippen LogP contribution is -2.41. The van der Waals surface area contributed by atoms with Crippen molar-refractivity contribution < 1.29 is 9.59 Å². The van der Waals surface area contributed by atoms with Crippen LogP contribution in [0.15, 0.2) is 30.3 Å². The van der Waals surface area contributed by atoms with Crippen molar-refractivity contribution in [2.24, 2.45) is 11.7 Å². The molecule has 0 aromatic heterocycles. The summed E-state index contributed by atoms with van der Waals surface area (Å²) in [7, 11) is 0. The van der Waals surface area contributed by atoms with E-state index in [1.807, 2.05) is 44.2 Å². The summed E-state index contributed by atoms with van der Waals surface area (Å²) in [4.78, 5) is 24.4. The fourth-order valence-electron chi connectivity index (χ4n) is 2.12. The lowest BCUT2D eigenvalue weighted by Gasteiger charge is -2.19. The zero-order valence-electron chi connectivity index (χ0n) is 13.9. The molecule has 130 valence electrons. The Labute approximate surface area is 144 Å². The van der Waals surface area contributed by atoms with Crippen LogP contribution in [0.2, 0.25) is 0 Å². The molecule has 0 radical (unpaired) electrons. The average Bonchev–Trinajstić information content (AvgIpc) is 2.49. The van der Waals surface area contributed by atoms with Gasteiger partial charge in [0, 0.05) is 13.0 Å². The standard InChI is InChI=1S/C17H27N3O2.ClH/c1-13(2)12-15(21)20-16(14-8-4-3-5-9-14)17(22)19-11-7-6-10-18;/h3-5,8-9,13,16H,6-7,10-12,18H2,1-2H3,(H,19,22)(H,20,21);1H. The van der Waals surface area contributed by atoms with Crippen molar-refractivity contribution in [2.45, 2.75) is 39.2 Å². The number of nitrogens with one attached hydrogen (secondary N) is 2. The normalized spacial score (nSPS) is 11.5. The van der Waals surface area contributed by atoms with E-state index in [2.05, 4.69) is 10.6 Å². The molecule has 1 unspecified atom stereocenters. The maximum Gasteiger partial charge on any atom is 0.247 e.